The van der Waals surface area contributed by atoms with Gasteiger partial charge in [0, 0.05) is 31.2 Å². The van der Waals surface area contributed by atoms with Gasteiger partial charge in [-0.2, -0.15) is 4.72 Å². The standard InChI is InChI=1S/C26H28ClN3O4S/c1-34-25-10-6-5-9-24(25)29-15-17-30(18-16-29)26(31)23(19-20-7-3-2-4-8-20)28-35(32,33)22-13-11-21(27)12-14-22/h2-14,23,28H,15-19H2,1H3/t23-/m1/s1. The second kappa shape index (κ2) is 11.1. The van der Waals surface area contributed by atoms with Gasteiger partial charge in [-0.1, -0.05) is 54.1 Å². The van der Waals surface area contributed by atoms with Crippen LogP contribution in [-0.4, -0.2) is 58.6 Å². The van der Waals surface area contributed by atoms with Crippen molar-refractivity contribution in [2.24, 2.45) is 0 Å². The van der Waals surface area contributed by atoms with Crippen molar-refractivity contribution >= 4 is 33.2 Å². The highest BCUT2D eigenvalue weighted by Crippen LogP contribution is 2.28. The Morgan fingerprint density at radius 2 is 1.57 bits per heavy atom. The summed E-state index contributed by atoms with van der Waals surface area (Å²) >= 11 is 5.91. The summed E-state index contributed by atoms with van der Waals surface area (Å²) in [7, 11) is -2.29. The lowest BCUT2D eigenvalue weighted by Gasteiger charge is -2.38. The average Bonchev–Trinajstić information content (AvgIpc) is 2.88. The molecule has 3 aromatic rings. The summed E-state index contributed by atoms with van der Waals surface area (Å²) in [6.07, 6.45) is 0.249. The number of amides is 1. The molecule has 1 fully saturated rings. The molecule has 35 heavy (non-hydrogen) atoms. The highest BCUT2D eigenvalue weighted by Gasteiger charge is 2.31. The molecule has 1 saturated heterocycles. The monoisotopic (exact) mass is 513 g/mol. The Bertz CT molecular complexity index is 1250. The zero-order valence-electron chi connectivity index (χ0n) is 19.4. The van der Waals surface area contributed by atoms with Crippen LogP contribution in [-0.2, 0) is 21.2 Å². The minimum atomic E-state index is -3.93. The zero-order chi connectivity index (χ0) is 24.8. The third kappa shape index (κ3) is 6.14. The first-order chi connectivity index (χ1) is 16.9. The van der Waals surface area contributed by atoms with Gasteiger partial charge >= 0.3 is 0 Å². The number of ether oxygens (including phenoxy) is 1. The number of carbonyl (C=O) groups excluding carboxylic acids is 1. The predicted molar refractivity (Wildman–Crippen MR) is 137 cm³/mol. The SMILES string of the molecule is COc1ccccc1N1CCN(C(=O)[C@@H](Cc2ccccc2)NS(=O)(=O)c2ccc(Cl)cc2)CC1. The molecule has 1 N–H and O–H groups in total. The van der Waals surface area contributed by atoms with E-state index in [4.69, 9.17) is 16.3 Å². The number of halogens is 1. The number of carbonyl (C=O) groups is 1. The van der Waals surface area contributed by atoms with Crippen molar-refractivity contribution in [3.8, 4) is 5.75 Å². The maximum Gasteiger partial charge on any atom is 0.241 e. The summed E-state index contributed by atoms with van der Waals surface area (Å²) in [5.74, 6) is 0.538. The Morgan fingerprint density at radius 1 is 0.943 bits per heavy atom. The molecule has 1 aliphatic rings. The van der Waals surface area contributed by atoms with E-state index in [2.05, 4.69) is 9.62 Å². The number of hydrogen-bond acceptors (Lipinski definition) is 5. The molecule has 4 rings (SSSR count). The molecule has 0 aromatic heterocycles. The molecule has 0 unspecified atom stereocenters. The van der Waals surface area contributed by atoms with E-state index in [1.165, 1.54) is 24.3 Å². The van der Waals surface area contributed by atoms with Crippen LogP contribution in [0.5, 0.6) is 5.75 Å². The van der Waals surface area contributed by atoms with Gasteiger partial charge in [0.25, 0.3) is 0 Å². The first kappa shape index (κ1) is 25.0. The molecule has 1 atom stereocenters. The molecule has 1 heterocycles. The number of nitrogens with one attached hydrogen (secondary N) is 1. The Hall–Kier alpha value is -3.07. The molecule has 1 aliphatic heterocycles. The summed E-state index contributed by atoms with van der Waals surface area (Å²) in [5, 5.41) is 0.439. The molecule has 0 radical (unpaired) electrons. The quantitative estimate of drug-likeness (QED) is 0.498. The van der Waals surface area contributed by atoms with Crippen molar-refractivity contribution < 1.29 is 17.9 Å². The van der Waals surface area contributed by atoms with Crippen LogP contribution in [0.3, 0.4) is 0 Å². The summed E-state index contributed by atoms with van der Waals surface area (Å²) in [6.45, 7) is 2.19. The number of para-hydroxylation sites is 2. The third-order valence-electron chi connectivity index (χ3n) is 6.02. The summed E-state index contributed by atoms with van der Waals surface area (Å²) < 4.78 is 34.3. The molecule has 9 heteroatoms. The van der Waals surface area contributed by atoms with Crippen LogP contribution in [0.15, 0.2) is 83.8 Å². The Balaban J connectivity index is 1.51. The molecule has 0 saturated carbocycles. The van der Waals surface area contributed by atoms with Crippen LogP contribution in [0.2, 0.25) is 5.02 Å². The highest BCUT2D eigenvalue weighted by molar-refractivity contribution is 7.89. The van der Waals surface area contributed by atoms with Crippen molar-refractivity contribution in [3.05, 3.63) is 89.4 Å². The molecule has 3 aromatic carbocycles. The van der Waals surface area contributed by atoms with Gasteiger partial charge in [-0.3, -0.25) is 4.79 Å². The van der Waals surface area contributed by atoms with E-state index < -0.39 is 16.1 Å². The smallest absolute Gasteiger partial charge is 0.241 e. The minimum Gasteiger partial charge on any atom is -0.495 e. The largest absolute Gasteiger partial charge is 0.495 e. The fourth-order valence-electron chi connectivity index (χ4n) is 4.18. The lowest BCUT2D eigenvalue weighted by atomic mass is 10.1. The van der Waals surface area contributed by atoms with Gasteiger partial charge in [-0.15, -0.1) is 0 Å². The lowest BCUT2D eigenvalue weighted by Crippen LogP contribution is -2.55. The van der Waals surface area contributed by atoms with Gasteiger partial charge in [-0.05, 0) is 48.4 Å². The summed E-state index contributed by atoms with van der Waals surface area (Å²) in [5.41, 5.74) is 1.85. The van der Waals surface area contributed by atoms with Crippen LogP contribution in [0.1, 0.15) is 5.56 Å². The summed E-state index contributed by atoms with van der Waals surface area (Å²) in [6, 6.07) is 22.1. The predicted octanol–water partition coefficient (Wildman–Crippen LogP) is 3.59. The number of hydrogen-bond donors (Lipinski definition) is 1. The second-order valence-electron chi connectivity index (χ2n) is 8.30. The van der Waals surface area contributed by atoms with Crippen molar-refractivity contribution in [2.75, 3.05) is 38.2 Å². The maximum absolute atomic E-state index is 13.6. The molecule has 0 bridgehead atoms. The van der Waals surface area contributed by atoms with Gasteiger partial charge < -0.3 is 14.5 Å². The van der Waals surface area contributed by atoms with Crippen molar-refractivity contribution in [2.45, 2.75) is 17.4 Å². The van der Waals surface area contributed by atoms with Crippen molar-refractivity contribution in [1.29, 1.82) is 0 Å². The van der Waals surface area contributed by atoms with Gasteiger partial charge in [-0.25, -0.2) is 8.42 Å². The second-order valence-corrected chi connectivity index (χ2v) is 10.5. The summed E-state index contributed by atoms with van der Waals surface area (Å²) in [4.78, 5) is 17.5. The molecular formula is C26H28ClN3O4S. The number of rotatable bonds is 8. The van der Waals surface area contributed by atoms with Gasteiger partial charge in [0.1, 0.15) is 11.8 Å². The van der Waals surface area contributed by atoms with Crippen LogP contribution < -0.4 is 14.4 Å². The Kier molecular flexibility index (Phi) is 7.95. The molecular weight excluding hydrogens is 486 g/mol. The van der Waals surface area contributed by atoms with Crippen molar-refractivity contribution in [1.82, 2.24) is 9.62 Å². The number of methoxy groups -OCH3 is 1. The normalized spacial score (nSPS) is 15.0. The van der Waals surface area contributed by atoms with E-state index in [1.54, 1.807) is 12.0 Å². The highest BCUT2D eigenvalue weighted by atomic mass is 35.5. The number of piperazine rings is 1. The molecule has 1 amide bonds. The van der Waals surface area contributed by atoms with E-state index >= 15 is 0 Å². The number of anilines is 1. The first-order valence-electron chi connectivity index (χ1n) is 11.4. The molecule has 0 aliphatic carbocycles. The van der Waals surface area contributed by atoms with Gasteiger partial charge in [0.05, 0.1) is 17.7 Å². The van der Waals surface area contributed by atoms with E-state index in [0.717, 1.165) is 17.0 Å². The van der Waals surface area contributed by atoms with Crippen LogP contribution in [0.4, 0.5) is 5.69 Å². The lowest BCUT2D eigenvalue weighted by molar-refractivity contribution is -0.133. The van der Waals surface area contributed by atoms with Gasteiger partial charge in [0.2, 0.25) is 15.9 Å². The third-order valence-corrected chi connectivity index (χ3v) is 7.76. The maximum atomic E-state index is 13.6. The molecule has 0 spiro atoms. The fraction of sp³-hybridized carbons (Fsp3) is 0.269. The first-order valence-corrected chi connectivity index (χ1v) is 13.2. The number of benzene rings is 3. The topological polar surface area (TPSA) is 79.0 Å². The number of nitrogens with zero attached hydrogens (tertiary/aromatic N) is 2. The molecule has 184 valence electrons. The number of sulfonamides is 1. The van der Waals surface area contributed by atoms with E-state index in [-0.39, 0.29) is 17.2 Å². The van der Waals surface area contributed by atoms with Crippen molar-refractivity contribution in [3.63, 3.8) is 0 Å². The van der Waals surface area contributed by atoms with Crippen LogP contribution in [0.25, 0.3) is 0 Å². The van der Waals surface area contributed by atoms with E-state index in [0.29, 0.717) is 31.2 Å². The zero-order valence-corrected chi connectivity index (χ0v) is 21.0. The van der Waals surface area contributed by atoms with E-state index in [9.17, 15) is 13.2 Å². The Labute approximate surface area is 211 Å². The Morgan fingerprint density at radius 3 is 2.23 bits per heavy atom. The van der Waals surface area contributed by atoms with Crippen LogP contribution >= 0.6 is 11.6 Å². The van der Waals surface area contributed by atoms with E-state index in [1.807, 2.05) is 54.6 Å². The van der Waals surface area contributed by atoms with Crippen LogP contribution in [0, 0.1) is 0 Å². The average molecular weight is 514 g/mol. The fourth-order valence-corrected chi connectivity index (χ4v) is 5.49. The van der Waals surface area contributed by atoms with Gasteiger partial charge in [0.15, 0.2) is 0 Å². The molecule has 7 nitrogen and oxygen atoms in total. The minimum absolute atomic E-state index is 0.0637.